The molecule has 0 heterocycles. The van der Waals surface area contributed by atoms with Crippen molar-refractivity contribution in [2.24, 2.45) is 0 Å². The highest BCUT2D eigenvalue weighted by Crippen LogP contribution is 2.29. The summed E-state index contributed by atoms with van der Waals surface area (Å²) in [5.74, 6) is -0.846. The van der Waals surface area contributed by atoms with Crippen molar-refractivity contribution < 1.29 is 27.6 Å². The predicted molar refractivity (Wildman–Crippen MR) is 71.4 cm³/mol. The van der Waals surface area contributed by atoms with Gasteiger partial charge in [-0.25, -0.2) is 8.42 Å². The minimum absolute atomic E-state index is 0.0695. The number of carbonyl (C=O) groups is 1. The summed E-state index contributed by atoms with van der Waals surface area (Å²) in [4.78, 5) is 21.0. The molecule has 0 radical (unpaired) electrons. The highest BCUT2D eigenvalue weighted by molar-refractivity contribution is 7.89. The van der Waals surface area contributed by atoms with Gasteiger partial charge in [0.2, 0.25) is 10.0 Å². The smallest absolute Gasteiger partial charge is 0.323 e. The fourth-order valence-corrected chi connectivity index (χ4v) is 2.72. The van der Waals surface area contributed by atoms with E-state index in [1.165, 1.54) is 14.0 Å². The molecule has 0 bridgehead atoms. The Bertz CT molecular complexity index is 657. The Morgan fingerprint density at radius 3 is 2.48 bits per heavy atom. The van der Waals surface area contributed by atoms with E-state index in [1.807, 2.05) is 0 Å². The topological polar surface area (TPSA) is 125 Å². The summed E-state index contributed by atoms with van der Waals surface area (Å²) in [5, 5.41) is 10.9. The van der Waals surface area contributed by atoms with Crippen molar-refractivity contribution >= 4 is 21.7 Å². The molecule has 0 aliphatic heterocycles. The van der Waals surface area contributed by atoms with Gasteiger partial charge in [-0.3, -0.25) is 14.9 Å². The number of methoxy groups -OCH3 is 2. The number of nitro benzene ring substituents is 1. The molecule has 1 aromatic rings. The molecular weight excluding hydrogens is 304 g/mol. The van der Waals surface area contributed by atoms with Gasteiger partial charge in [0, 0.05) is 6.07 Å². The summed E-state index contributed by atoms with van der Waals surface area (Å²) in [6.07, 6.45) is 0. The zero-order valence-corrected chi connectivity index (χ0v) is 12.3. The van der Waals surface area contributed by atoms with Gasteiger partial charge in [0.25, 0.3) is 0 Å². The van der Waals surface area contributed by atoms with Crippen molar-refractivity contribution in [1.82, 2.24) is 4.72 Å². The number of esters is 1. The number of nitro groups is 1. The van der Waals surface area contributed by atoms with Crippen molar-refractivity contribution in [3.8, 4) is 5.75 Å². The number of hydrogen-bond acceptors (Lipinski definition) is 7. The number of nitrogens with one attached hydrogen (secondary N) is 1. The van der Waals surface area contributed by atoms with E-state index in [4.69, 9.17) is 4.74 Å². The molecular formula is C11H14N2O7S. The molecule has 1 N–H and O–H groups in total. The summed E-state index contributed by atoms with van der Waals surface area (Å²) in [6.45, 7) is 1.29. The number of nitrogens with zero attached hydrogens (tertiary/aromatic N) is 1. The molecule has 9 nitrogen and oxygen atoms in total. The largest absolute Gasteiger partial charge is 0.490 e. The Balaban J connectivity index is 3.18. The third-order valence-electron chi connectivity index (χ3n) is 2.54. The van der Waals surface area contributed by atoms with Crippen LogP contribution in [0.5, 0.6) is 5.75 Å². The average molecular weight is 318 g/mol. The lowest BCUT2D eigenvalue weighted by atomic mass is 10.3. The summed E-state index contributed by atoms with van der Waals surface area (Å²) < 4.78 is 35.3. The van der Waals surface area contributed by atoms with Crippen LogP contribution < -0.4 is 9.46 Å². The zero-order chi connectivity index (χ0) is 16.2. The van der Waals surface area contributed by atoms with Gasteiger partial charge in [-0.15, -0.1) is 0 Å². The lowest BCUT2D eigenvalue weighted by molar-refractivity contribution is -0.386. The maximum absolute atomic E-state index is 12.1. The predicted octanol–water partition coefficient (Wildman–Crippen LogP) is 0.443. The van der Waals surface area contributed by atoms with Gasteiger partial charge < -0.3 is 9.47 Å². The Hall–Kier alpha value is -2.20. The number of carbonyl (C=O) groups excluding carboxylic acids is 1. The Morgan fingerprint density at radius 1 is 1.38 bits per heavy atom. The molecule has 1 rings (SSSR count). The van der Waals surface area contributed by atoms with Crippen molar-refractivity contribution in [3.63, 3.8) is 0 Å². The van der Waals surface area contributed by atoms with Crippen LogP contribution in [0.15, 0.2) is 23.1 Å². The monoisotopic (exact) mass is 318 g/mol. The first kappa shape index (κ1) is 16.9. The Kier molecular flexibility index (Phi) is 5.22. The van der Waals surface area contributed by atoms with E-state index >= 15 is 0 Å². The molecule has 0 aliphatic carbocycles. The van der Waals surface area contributed by atoms with Gasteiger partial charge in [0.15, 0.2) is 5.75 Å². The van der Waals surface area contributed by atoms with Crippen molar-refractivity contribution in [3.05, 3.63) is 28.3 Å². The van der Waals surface area contributed by atoms with Crippen molar-refractivity contribution in [2.45, 2.75) is 17.9 Å². The second kappa shape index (κ2) is 6.50. The third-order valence-corrected chi connectivity index (χ3v) is 4.08. The quantitative estimate of drug-likeness (QED) is 0.458. The van der Waals surface area contributed by atoms with Crippen LogP contribution in [0.3, 0.4) is 0 Å². The molecule has 10 heteroatoms. The van der Waals surface area contributed by atoms with E-state index < -0.39 is 32.6 Å². The first-order chi connectivity index (χ1) is 9.72. The van der Waals surface area contributed by atoms with Gasteiger partial charge in [-0.2, -0.15) is 4.72 Å². The zero-order valence-electron chi connectivity index (χ0n) is 11.5. The molecule has 1 aromatic carbocycles. The molecule has 0 saturated carbocycles. The minimum Gasteiger partial charge on any atom is -0.490 e. The van der Waals surface area contributed by atoms with Crippen molar-refractivity contribution in [1.29, 1.82) is 0 Å². The van der Waals surface area contributed by atoms with E-state index in [-0.39, 0.29) is 10.6 Å². The lowest BCUT2D eigenvalue weighted by Gasteiger charge is -2.12. The van der Waals surface area contributed by atoms with Crippen LogP contribution in [-0.4, -0.2) is 39.6 Å². The van der Waals surface area contributed by atoms with Crippen LogP contribution in [0.25, 0.3) is 0 Å². The van der Waals surface area contributed by atoms with E-state index in [2.05, 4.69) is 9.46 Å². The summed E-state index contributed by atoms with van der Waals surface area (Å²) in [7, 11) is -1.76. The van der Waals surface area contributed by atoms with Crippen LogP contribution in [-0.2, 0) is 19.6 Å². The van der Waals surface area contributed by atoms with Crippen LogP contribution in [0.4, 0.5) is 5.69 Å². The first-order valence-electron chi connectivity index (χ1n) is 5.65. The highest BCUT2D eigenvalue weighted by Gasteiger charge is 2.25. The van der Waals surface area contributed by atoms with E-state index in [0.29, 0.717) is 0 Å². The molecule has 0 fully saturated rings. The highest BCUT2D eigenvalue weighted by atomic mass is 32.2. The molecule has 0 aliphatic rings. The molecule has 0 saturated heterocycles. The molecule has 116 valence electrons. The van der Waals surface area contributed by atoms with E-state index in [1.54, 1.807) is 0 Å². The Labute approximate surface area is 121 Å². The summed E-state index contributed by atoms with van der Waals surface area (Å²) in [6, 6.07) is 2.03. The van der Waals surface area contributed by atoms with E-state index in [0.717, 1.165) is 25.3 Å². The first-order valence-corrected chi connectivity index (χ1v) is 7.14. The standard InChI is InChI=1S/C11H14N2O7S/c1-7(11(14)20-3)12-21(17,18)8-4-5-10(19-2)9(6-8)13(15)16/h4-7,12H,1-3H3. The van der Waals surface area contributed by atoms with Gasteiger partial charge in [0.1, 0.15) is 6.04 Å². The van der Waals surface area contributed by atoms with Gasteiger partial charge >= 0.3 is 11.7 Å². The molecule has 0 aromatic heterocycles. The van der Waals surface area contributed by atoms with Gasteiger partial charge in [-0.05, 0) is 19.1 Å². The van der Waals surface area contributed by atoms with Crippen LogP contribution >= 0.6 is 0 Å². The number of hydrogen-bond donors (Lipinski definition) is 1. The maximum atomic E-state index is 12.1. The number of ether oxygens (including phenoxy) is 2. The molecule has 0 amide bonds. The molecule has 1 atom stereocenters. The van der Waals surface area contributed by atoms with Gasteiger partial charge in [0.05, 0.1) is 24.0 Å². The SMILES string of the molecule is COC(=O)C(C)NS(=O)(=O)c1ccc(OC)c([N+](=O)[O-])c1. The van der Waals surface area contributed by atoms with Crippen LogP contribution in [0.2, 0.25) is 0 Å². The summed E-state index contributed by atoms with van der Waals surface area (Å²) in [5.41, 5.74) is -0.494. The van der Waals surface area contributed by atoms with Gasteiger partial charge in [-0.1, -0.05) is 0 Å². The number of sulfonamides is 1. The molecule has 0 spiro atoms. The maximum Gasteiger partial charge on any atom is 0.323 e. The summed E-state index contributed by atoms with van der Waals surface area (Å²) >= 11 is 0. The van der Waals surface area contributed by atoms with Crippen LogP contribution in [0, 0.1) is 10.1 Å². The number of benzene rings is 1. The van der Waals surface area contributed by atoms with E-state index in [9.17, 15) is 23.3 Å². The minimum atomic E-state index is -4.11. The average Bonchev–Trinajstić information content (AvgIpc) is 2.44. The fraction of sp³-hybridized carbons (Fsp3) is 0.364. The number of rotatable bonds is 6. The lowest BCUT2D eigenvalue weighted by Crippen LogP contribution is -2.39. The third kappa shape index (κ3) is 3.89. The molecule has 1 unspecified atom stereocenters. The fourth-order valence-electron chi connectivity index (χ4n) is 1.51. The Morgan fingerprint density at radius 2 is 2.00 bits per heavy atom. The molecule has 21 heavy (non-hydrogen) atoms. The van der Waals surface area contributed by atoms with Crippen LogP contribution in [0.1, 0.15) is 6.92 Å². The normalized spacial score (nSPS) is 12.5. The second-order valence-corrected chi connectivity index (χ2v) is 5.67. The van der Waals surface area contributed by atoms with Crippen molar-refractivity contribution in [2.75, 3.05) is 14.2 Å². The second-order valence-electron chi connectivity index (χ2n) is 3.96.